The Bertz CT molecular complexity index is 1580. The van der Waals surface area contributed by atoms with E-state index in [0.717, 1.165) is 64.2 Å². The molecule has 0 bridgehead atoms. The van der Waals surface area contributed by atoms with Crippen molar-refractivity contribution in [3.8, 4) is 0 Å². The summed E-state index contributed by atoms with van der Waals surface area (Å²) >= 11 is 3.00. The summed E-state index contributed by atoms with van der Waals surface area (Å²) in [5.74, 6) is -1.02. The monoisotopic (exact) mass is 1470 g/mol. The molecule has 0 aliphatic carbocycles. The Hall–Kier alpha value is -2.38. The number of esters is 4. The van der Waals surface area contributed by atoms with Crippen LogP contribution in [0.15, 0.2) is 0 Å². The van der Waals surface area contributed by atoms with Crippen molar-refractivity contribution in [3.63, 3.8) is 0 Å². The molecule has 0 aliphatic heterocycles. The summed E-state index contributed by atoms with van der Waals surface area (Å²) < 4.78 is 22.1. The predicted octanol–water partition coefficient (Wildman–Crippen LogP) is 14.6. The number of nitrogens with zero attached hydrogens (tertiary/aromatic N) is 4. The molecule has 0 heterocycles. The fourth-order valence-corrected chi connectivity index (χ4v) is 11.0. The van der Waals surface area contributed by atoms with Gasteiger partial charge in [-0.3, -0.25) is 28.8 Å². The molecule has 2 N–H and O–H groups in total. The van der Waals surface area contributed by atoms with Gasteiger partial charge in [-0.05, 0) is 39.8 Å². The average molecular weight is 1470 g/mol. The molecule has 0 spiro atoms. The second-order valence-corrected chi connectivity index (χ2v) is 27.8. The number of amides is 2. The quantitative estimate of drug-likeness (QED) is 0.0193. The number of carbonyl (C=O) groups is 6. The maximum Gasteiger partial charge on any atom is 0.305 e. The lowest BCUT2D eigenvalue weighted by Gasteiger charge is -2.31. The van der Waals surface area contributed by atoms with Crippen LogP contribution in [0.2, 0.25) is 0 Å². The Balaban J connectivity index is -0.000000807. The molecule has 0 unspecified atom stereocenters. The van der Waals surface area contributed by atoms with Crippen molar-refractivity contribution in [1.29, 1.82) is 0 Å². The number of aliphatic hydroxyl groups excluding tert-OH is 2. The average Bonchev–Trinajstić information content (AvgIpc) is 1.21. The number of likely N-dealkylation sites (N-methyl/N-ethyl adjacent to an activating group) is 2. The van der Waals surface area contributed by atoms with E-state index in [1.807, 2.05) is 33.1 Å². The molecule has 0 aromatic heterocycles. The molecule has 0 radical (unpaired) electrons. The van der Waals surface area contributed by atoms with Gasteiger partial charge in [-0.1, -0.05) is 300 Å². The van der Waals surface area contributed by atoms with Crippen LogP contribution in [-0.2, 0) is 47.7 Å². The zero-order chi connectivity index (χ0) is 69.4. The predicted molar refractivity (Wildman–Crippen MR) is 390 cm³/mol. The first-order valence-corrected chi connectivity index (χ1v) is 39.6. The van der Waals surface area contributed by atoms with Gasteiger partial charge in [0.1, 0.15) is 33.0 Å². The Morgan fingerprint density at radius 2 is 0.543 bits per heavy atom. The minimum absolute atomic E-state index is 0. The van der Waals surface area contributed by atoms with Crippen LogP contribution < -0.4 is 17.0 Å². The Kier molecular flexibility index (Phi) is 81.3. The summed E-state index contributed by atoms with van der Waals surface area (Å²) in [5.41, 5.74) is 0. The first-order chi connectivity index (χ1) is 45.1. The molecule has 0 aromatic rings. The lowest BCUT2D eigenvalue weighted by Crippen LogP contribution is -3.00. The molecule has 16 nitrogen and oxygen atoms in total. The zero-order valence-corrected chi connectivity index (χ0v) is 65.5. The number of rotatable bonds is 67. The third-order valence-corrected chi connectivity index (χ3v) is 17.3. The number of aliphatic hydroxyl groups is 2. The molecular weight excluding hydrogens is 1320 g/mol. The van der Waals surface area contributed by atoms with Gasteiger partial charge in [0.25, 0.3) is 5.91 Å². The smallest absolute Gasteiger partial charge is 0.305 e. The van der Waals surface area contributed by atoms with Crippen LogP contribution in [-0.4, -0.2) is 184 Å². The third kappa shape index (κ3) is 77.0. The van der Waals surface area contributed by atoms with Gasteiger partial charge in [-0.2, -0.15) is 0 Å². The molecule has 18 heteroatoms. The lowest BCUT2D eigenvalue weighted by molar-refractivity contribution is -0.883. The molecule has 94 heavy (non-hydrogen) atoms. The molecule has 0 aromatic carbocycles. The number of carbonyl (C=O) groups excluding carboxylic acids is 6. The van der Waals surface area contributed by atoms with Gasteiger partial charge < -0.3 is 65.3 Å². The van der Waals surface area contributed by atoms with E-state index in [1.165, 1.54) is 218 Å². The van der Waals surface area contributed by atoms with Crippen LogP contribution in [0.3, 0.4) is 0 Å². The molecule has 0 aliphatic rings. The standard InChI is InChI=1S/C38H75N2O6.C36H70N2O5.C2H5BrO.BrH/c1-5-7-9-11-13-15-17-19-21-23-25-27-37(43)45-33-29-39(36(42)35-40(3,4)31-32-41)30-34-46-38(44)28-26-24-22-20-18-16-14-12-10-8-6-2;1-5-7-9-11-13-15-17-19-21-23-25-27-35(40)42-31-29-38(34(39)33-37(3)4)30-32-43-36(41)28-26-24-22-20-18-16-14-12-10-8-6-2;3-1-2-4;/h41H,5-35H2,1-4H3;5-33H2,1-4H3;4H,1-2H2;1H/q+1;;;/p-1. The van der Waals surface area contributed by atoms with E-state index in [-0.39, 0.29) is 118 Å². The zero-order valence-electron chi connectivity index (χ0n) is 62.4. The van der Waals surface area contributed by atoms with E-state index in [1.54, 1.807) is 9.80 Å². The van der Waals surface area contributed by atoms with Crippen molar-refractivity contribution in [3.05, 3.63) is 0 Å². The minimum atomic E-state index is -0.224. The number of hydrogen-bond donors (Lipinski definition) is 2. The van der Waals surface area contributed by atoms with E-state index in [0.29, 0.717) is 55.1 Å². The Morgan fingerprint density at radius 1 is 0.340 bits per heavy atom. The summed E-state index contributed by atoms with van der Waals surface area (Å²) in [6.45, 7) is 11.9. The molecular formula is C76H150Br2N4O12. The fourth-order valence-electron chi connectivity index (χ4n) is 11.0. The second kappa shape index (κ2) is 78.0. The molecule has 2 amide bonds. The van der Waals surface area contributed by atoms with Gasteiger partial charge >= 0.3 is 23.9 Å². The van der Waals surface area contributed by atoms with E-state index < -0.39 is 0 Å². The van der Waals surface area contributed by atoms with Gasteiger partial charge in [0.15, 0.2) is 6.54 Å². The van der Waals surface area contributed by atoms with Crippen molar-refractivity contribution >= 4 is 51.6 Å². The van der Waals surface area contributed by atoms with E-state index in [9.17, 15) is 33.9 Å². The highest BCUT2D eigenvalue weighted by molar-refractivity contribution is 9.09. The van der Waals surface area contributed by atoms with Crippen molar-refractivity contribution in [2.24, 2.45) is 0 Å². The minimum Gasteiger partial charge on any atom is -1.00 e. The van der Waals surface area contributed by atoms with E-state index in [4.69, 9.17) is 24.1 Å². The highest BCUT2D eigenvalue weighted by Crippen LogP contribution is 2.17. The van der Waals surface area contributed by atoms with Crippen LogP contribution >= 0.6 is 15.9 Å². The van der Waals surface area contributed by atoms with Gasteiger partial charge in [0, 0.05) is 31.0 Å². The summed E-state index contributed by atoms with van der Waals surface area (Å²) in [6.07, 6.45) is 56.1. The number of unbranched alkanes of at least 4 members (excludes halogenated alkanes) is 40. The molecule has 0 saturated carbocycles. The molecule has 0 atom stereocenters. The third-order valence-electron chi connectivity index (χ3n) is 16.9. The molecule has 0 saturated heterocycles. The Labute approximate surface area is 597 Å². The number of halogens is 2. The summed E-state index contributed by atoms with van der Waals surface area (Å²) in [7, 11) is 7.48. The lowest BCUT2D eigenvalue weighted by atomic mass is 10.1. The van der Waals surface area contributed by atoms with Crippen molar-refractivity contribution in [2.75, 3.05) is 119 Å². The normalized spacial score (nSPS) is 11.1. The summed E-state index contributed by atoms with van der Waals surface area (Å²) in [4.78, 5) is 79.8. The maximum atomic E-state index is 13.1. The largest absolute Gasteiger partial charge is 1.00 e. The number of ether oxygens (including phenoxy) is 4. The number of alkyl halides is 1. The van der Waals surface area contributed by atoms with Crippen LogP contribution in [0.4, 0.5) is 0 Å². The van der Waals surface area contributed by atoms with Crippen LogP contribution in [0, 0.1) is 0 Å². The molecule has 560 valence electrons. The van der Waals surface area contributed by atoms with Gasteiger partial charge in [0.2, 0.25) is 5.91 Å². The molecule has 0 rings (SSSR count). The SMILES string of the molecule is CCCCCCCCCCCCCC(=O)OCCN(CCOC(=O)CCCCCCCCCCCCC)C(=O)CN(C)C.CCCCCCCCCCCCCC(=O)OCCN(CCOC(=O)CCCCCCCCCCCCC)C(=O)C[N+](C)(C)CCO.OCCBr.[Br-]. The maximum absolute atomic E-state index is 13.1. The van der Waals surface area contributed by atoms with Crippen molar-refractivity contribution in [1.82, 2.24) is 14.7 Å². The van der Waals surface area contributed by atoms with Crippen LogP contribution in [0.1, 0.15) is 336 Å². The highest BCUT2D eigenvalue weighted by Gasteiger charge is 2.25. The van der Waals surface area contributed by atoms with Crippen LogP contribution in [0.25, 0.3) is 0 Å². The fraction of sp³-hybridized carbons (Fsp3) is 0.921. The topological polar surface area (TPSA) is 190 Å². The van der Waals surface area contributed by atoms with Gasteiger partial charge in [-0.15, -0.1) is 0 Å². The number of hydrogen-bond acceptors (Lipinski definition) is 13. The van der Waals surface area contributed by atoms with Crippen molar-refractivity contribution < 1.29 is 79.4 Å². The first kappa shape index (κ1) is 98.0. The van der Waals surface area contributed by atoms with Gasteiger partial charge in [-0.25, -0.2) is 0 Å². The van der Waals surface area contributed by atoms with Gasteiger partial charge in [0.05, 0.1) is 60.0 Å². The van der Waals surface area contributed by atoms with Crippen molar-refractivity contribution in [2.45, 2.75) is 336 Å². The summed E-state index contributed by atoms with van der Waals surface area (Å²) in [6, 6.07) is 0. The first-order valence-electron chi connectivity index (χ1n) is 38.5. The van der Waals surface area contributed by atoms with E-state index >= 15 is 0 Å². The highest BCUT2D eigenvalue weighted by atomic mass is 79.9. The second-order valence-electron chi connectivity index (χ2n) is 27.0. The Morgan fingerprint density at radius 3 is 0.734 bits per heavy atom. The van der Waals surface area contributed by atoms with E-state index in [2.05, 4.69) is 43.6 Å². The van der Waals surface area contributed by atoms with Crippen LogP contribution in [0.5, 0.6) is 0 Å². The summed E-state index contributed by atoms with van der Waals surface area (Å²) in [5, 5.41) is 17.9. The number of quaternary nitrogens is 1. The molecule has 0 fully saturated rings.